The predicted octanol–water partition coefficient (Wildman–Crippen LogP) is 3.31. The lowest BCUT2D eigenvalue weighted by molar-refractivity contribution is 0.0937. The van der Waals surface area contributed by atoms with Crippen LogP contribution in [0.2, 0.25) is 5.02 Å². The molecule has 0 spiro atoms. The van der Waals surface area contributed by atoms with Gasteiger partial charge in [0.05, 0.1) is 38.3 Å². The van der Waals surface area contributed by atoms with Gasteiger partial charge in [0.1, 0.15) is 5.58 Å². The molecule has 4 rings (SSSR count). The number of ether oxygens (including phenoxy) is 3. The Hall–Kier alpha value is -3.19. The van der Waals surface area contributed by atoms with Crippen molar-refractivity contribution in [3.63, 3.8) is 0 Å². The van der Waals surface area contributed by atoms with Crippen molar-refractivity contribution in [2.24, 2.45) is 0 Å². The number of carbonyl (C=O) groups is 1. The third kappa shape index (κ3) is 2.66. The predicted molar refractivity (Wildman–Crippen MR) is 103 cm³/mol. The van der Waals surface area contributed by atoms with Gasteiger partial charge in [-0.3, -0.25) is 9.59 Å². The van der Waals surface area contributed by atoms with Crippen LogP contribution in [-0.2, 0) is 0 Å². The van der Waals surface area contributed by atoms with Gasteiger partial charge in [-0.1, -0.05) is 11.6 Å². The Kier molecular flexibility index (Phi) is 4.39. The number of methoxy groups -OCH3 is 3. The van der Waals surface area contributed by atoms with E-state index in [0.29, 0.717) is 38.8 Å². The molecule has 3 aromatic rings. The highest BCUT2D eigenvalue weighted by molar-refractivity contribution is 6.31. The zero-order chi connectivity index (χ0) is 20.0. The zero-order valence-electron chi connectivity index (χ0n) is 15.3. The molecule has 1 atom stereocenters. The molecule has 144 valence electrons. The largest absolute Gasteiger partial charge is 0.493 e. The van der Waals surface area contributed by atoms with Gasteiger partial charge in [-0.15, -0.1) is 0 Å². The number of nitrogens with one attached hydrogen (secondary N) is 1. The maximum absolute atomic E-state index is 13.1. The molecule has 0 fully saturated rings. The fourth-order valence-electron chi connectivity index (χ4n) is 3.40. The Morgan fingerprint density at radius 3 is 2.29 bits per heavy atom. The van der Waals surface area contributed by atoms with Crippen molar-refractivity contribution in [2.75, 3.05) is 21.3 Å². The second kappa shape index (κ2) is 6.76. The van der Waals surface area contributed by atoms with E-state index in [2.05, 4.69) is 5.32 Å². The molecule has 0 radical (unpaired) electrons. The molecule has 0 aliphatic carbocycles. The minimum absolute atomic E-state index is 0.0152. The molecule has 0 saturated carbocycles. The van der Waals surface area contributed by atoms with Crippen molar-refractivity contribution in [3.05, 3.63) is 62.5 Å². The molecule has 2 heterocycles. The first-order valence-corrected chi connectivity index (χ1v) is 8.73. The molecule has 8 heteroatoms. The molecule has 0 unspecified atom stereocenters. The number of rotatable bonds is 4. The highest BCUT2D eigenvalue weighted by atomic mass is 35.5. The number of hydrogen-bond donors (Lipinski definition) is 1. The molecule has 1 aromatic heterocycles. The second-order valence-corrected chi connectivity index (χ2v) is 6.62. The van der Waals surface area contributed by atoms with Crippen LogP contribution < -0.4 is 25.0 Å². The van der Waals surface area contributed by atoms with Gasteiger partial charge in [0.25, 0.3) is 5.91 Å². The van der Waals surface area contributed by atoms with Gasteiger partial charge in [-0.25, -0.2) is 0 Å². The first-order valence-electron chi connectivity index (χ1n) is 8.35. The van der Waals surface area contributed by atoms with Gasteiger partial charge in [-0.2, -0.15) is 0 Å². The maximum atomic E-state index is 13.1. The van der Waals surface area contributed by atoms with Gasteiger partial charge < -0.3 is 23.9 Å². The van der Waals surface area contributed by atoms with E-state index in [0.717, 1.165) is 0 Å². The molecule has 1 amide bonds. The molecule has 1 aliphatic heterocycles. The summed E-state index contributed by atoms with van der Waals surface area (Å²) in [6.07, 6.45) is 0. The summed E-state index contributed by atoms with van der Waals surface area (Å²) in [5.41, 5.74) is 0.786. The summed E-state index contributed by atoms with van der Waals surface area (Å²) < 4.78 is 21.8. The minimum atomic E-state index is -0.726. The van der Waals surface area contributed by atoms with E-state index in [4.69, 9.17) is 30.2 Å². The van der Waals surface area contributed by atoms with E-state index < -0.39 is 11.9 Å². The van der Waals surface area contributed by atoms with E-state index >= 15 is 0 Å². The van der Waals surface area contributed by atoms with Crippen molar-refractivity contribution in [3.8, 4) is 17.2 Å². The van der Waals surface area contributed by atoms with E-state index in [1.165, 1.54) is 27.4 Å². The van der Waals surface area contributed by atoms with Crippen LogP contribution in [0.4, 0.5) is 0 Å². The molecule has 1 aliphatic rings. The summed E-state index contributed by atoms with van der Waals surface area (Å²) in [5.74, 6) is 0.748. The summed E-state index contributed by atoms with van der Waals surface area (Å²) in [5, 5.41) is 3.50. The Balaban J connectivity index is 1.96. The minimum Gasteiger partial charge on any atom is -0.493 e. The van der Waals surface area contributed by atoms with E-state index in [1.807, 2.05) is 0 Å². The lowest BCUT2D eigenvalue weighted by Gasteiger charge is -2.17. The lowest BCUT2D eigenvalue weighted by atomic mass is 9.98. The van der Waals surface area contributed by atoms with Crippen LogP contribution in [0.25, 0.3) is 11.0 Å². The Morgan fingerprint density at radius 1 is 1.00 bits per heavy atom. The first-order chi connectivity index (χ1) is 13.5. The lowest BCUT2D eigenvalue weighted by Crippen LogP contribution is -2.22. The summed E-state index contributed by atoms with van der Waals surface area (Å²) in [6.45, 7) is 0. The Morgan fingerprint density at radius 2 is 1.68 bits per heavy atom. The highest BCUT2D eigenvalue weighted by Gasteiger charge is 2.37. The summed E-state index contributed by atoms with van der Waals surface area (Å²) in [4.78, 5) is 25.6. The van der Waals surface area contributed by atoms with Crippen molar-refractivity contribution in [2.45, 2.75) is 6.04 Å². The number of hydrogen-bond acceptors (Lipinski definition) is 6. The van der Waals surface area contributed by atoms with Crippen LogP contribution in [0.3, 0.4) is 0 Å². The monoisotopic (exact) mass is 401 g/mol. The normalized spacial score (nSPS) is 15.3. The van der Waals surface area contributed by atoms with Crippen LogP contribution in [0.5, 0.6) is 17.2 Å². The average Bonchev–Trinajstić information content (AvgIpc) is 3.04. The van der Waals surface area contributed by atoms with E-state index in [-0.39, 0.29) is 16.8 Å². The van der Waals surface area contributed by atoms with Crippen molar-refractivity contribution >= 4 is 28.5 Å². The first kappa shape index (κ1) is 18.2. The zero-order valence-corrected chi connectivity index (χ0v) is 16.0. The van der Waals surface area contributed by atoms with Crippen LogP contribution in [0.1, 0.15) is 27.7 Å². The molecule has 0 bridgehead atoms. The van der Waals surface area contributed by atoms with Gasteiger partial charge >= 0.3 is 0 Å². The number of fused-ring (bicyclic) bond motifs is 2. The molecular formula is C20H16ClNO6. The van der Waals surface area contributed by atoms with Gasteiger partial charge in [0.15, 0.2) is 16.9 Å². The van der Waals surface area contributed by atoms with Crippen molar-refractivity contribution in [1.29, 1.82) is 0 Å². The number of halogens is 1. The molecule has 28 heavy (non-hydrogen) atoms. The number of amides is 1. The topological polar surface area (TPSA) is 87.0 Å². The van der Waals surface area contributed by atoms with Gasteiger partial charge in [-0.05, 0) is 35.9 Å². The Labute approximate surface area is 164 Å². The van der Waals surface area contributed by atoms with Crippen molar-refractivity contribution in [1.82, 2.24) is 5.32 Å². The maximum Gasteiger partial charge on any atom is 0.288 e. The fourth-order valence-corrected chi connectivity index (χ4v) is 3.57. The average molecular weight is 402 g/mol. The van der Waals surface area contributed by atoms with Crippen molar-refractivity contribution < 1.29 is 23.4 Å². The fraction of sp³-hybridized carbons (Fsp3) is 0.200. The molecule has 2 aromatic carbocycles. The highest BCUT2D eigenvalue weighted by Crippen LogP contribution is 2.42. The molecular weight excluding hydrogens is 386 g/mol. The summed E-state index contributed by atoms with van der Waals surface area (Å²) >= 11 is 6.03. The second-order valence-electron chi connectivity index (χ2n) is 6.18. The molecule has 1 N–H and O–H groups in total. The Bertz CT molecular complexity index is 1140. The van der Waals surface area contributed by atoms with Crippen LogP contribution >= 0.6 is 11.6 Å². The standard InChI is InChI=1S/C20H16ClNO6/c1-25-13-6-9(7-14(26-2)18(13)27-3)16-15-17(23)11-8-10(21)4-5-12(11)28-19(15)20(24)22-16/h4-8,16H,1-3H3,(H,22,24)/t16-/m0/s1. The molecule has 7 nitrogen and oxygen atoms in total. The smallest absolute Gasteiger partial charge is 0.288 e. The van der Waals surface area contributed by atoms with E-state index in [9.17, 15) is 9.59 Å². The third-order valence-corrected chi connectivity index (χ3v) is 4.91. The number of carbonyl (C=O) groups excluding carboxylic acids is 1. The van der Waals surface area contributed by atoms with Gasteiger partial charge in [0, 0.05) is 5.02 Å². The van der Waals surface area contributed by atoms with E-state index in [1.54, 1.807) is 24.3 Å². The quantitative estimate of drug-likeness (QED) is 0.721. The van der Waals surface area contributed by atoms with Gasteiger partial charge in [0.2, 0.25) is 11.5 Å². The third-order valence-electron chi connectivity index (χ3n) is 4.68. The SMILES string of the molecule is COc1cc([C@@H]2NC(=O)c3oc4ccc(Cl)cc4c(=O)c32)cc(OC)c1OC. The summed E-state index contributed by atoms with van der Waals surface area (Å²) in [7, 11) is 4.48. The van der Waals surface area contributed by atoms with Crippen LogP contribution in [0, 0.1) is 0 Å². The van der Waals surface area contributed by atoms with Crippen LogP contribution in [0.15, 0.2) is 39.5 Å². The molecule has 0 saturated heterocycles. The summed E-state index contributed by atoms with van der Waals surface area (Å²) in [6, 6.07) is 7.34. The number of benzene rings is 2. The van der Waals surface area contributed by atoms with Crippen LogP contribution in [-0.4, -0.2) is 27.2 Å².